The number of benzene rings is 1. The third-order valence-corrected chi connectivity index (χ3v) is 5.26. The number of nitrogens with one attached hydrogen (secondary N) is 4. The second-order valence-corrected chi connectivity index (χ2v) is 7.14. The van der Waals surface area contributed by atoms with Crippen LogP contribution in [-0.4, -0.2) is 29.9 Å². The molecule has 1 saturated heterocycles. The first kappa shape index (κ1) is 15.6. The second-order valence-electron chi connectivity index (χ2n) is 7.14. The molecule has 3 atom stereocenters. The molecule has 1 aromatic rings. The number of hydrogen-bond acceptors (Lipinski definition) is 4. The molecule has 2 amide bonds. The zero-order chi connectivity index (χ0) is 16.5. The van der Waals surface area contributed by atoms with Crippen molar-refractivity contribution in [3.63, 3.8) is 0 Å². The molecule has 2 saturated carbocycles. The summed E-state index contributed by atoms with van der Waals surface area (Å²) < 4.78 is 0. The number of hydrazine groups is 1. The Kier molecular flexibility index (Phi) is 4.24. The van der Waals surface area contributed by atoms with E-state index in [1.165, 1.54) is 12.8 Å². The van der Waals surface area contributed by atoms with Crippen molar-refractivity contribution in [2.24, 2.45) is 5.92 Å². The summed E-state index contributed by atoms with van der Waals surface area (Å²) in [5, 5.41) is 5.93. The zero-order valence-corrected chi connectivity index (χ0v) is 13.7. The van der Waals surface area contributed by atoms with Crippen LogP contribution in [0.2, 0.25) is 0 Å². The van der Waals surface area contributed by atoms with Gasteiger partial charge in [-0.1, -0.05) is 18.9 Å². The van der Waals surface area contributed by atoms with Gasteiger partial charge in [0.15, 0.2) is 0 Å². The molecule has 0 radical (unpaired) electrons. The van der Waals surface area contributed by atoms with E-state index in [1.54, 1.807) is 18.2 Å². The number of fused-ring (bicyclic) bond motifs is 1. The molecule has 0 aromatic heterocycles. The van der Waals surface area contributed by atoms with Gasteiger partial charge in [-0.3, -0.25) is 15.0 Å². The summed E-state index contributed by atoms with van der Waals surface area (Å²) >= 11 is 0. The molecule has 4 rings (SSSR count). The molecule has 1 aliphatic heterocycles. The average molecular weight is 328 g/mol. The van der Waals surface area contributed by atoms with Crippen LogP contribution in [0.1, 0.15) is 48.9 Å². The van der Waals surface area contributed by atoms with Crippen LogP contribution in [0.3, 0.4) is 0 Å². The predicted octanol–water partition coefficient (Wildman–Crippen LogP) is 1.55. The Morgan fingerprint density at radius 1 is 1.04 bits per heavy atom. The first-order valence-corrected chi connectivity index (χ1v) is 8.93. The molecule has 1 heterocycles. The summed E-state index contributed by atoms with van der Waals surface area (Å²) in [5.41, 5.74) is 7.67. The van der Waals surface area contributed by atoms with E-state index in [4.69, 9.17) is 0 Å². The monoisotopic (exact) mass is 328 g/mol. The molecule has 3 unspecified atom stereocenters. The van der Waals surface area contributed by atoms with Crippen molar-refractivity contribution in [2.75, 3.05) is 5.32 Å². The number of anilines is 1. The number of carbonyl (C=O) groups is 2. The van der Waals surface area contributed by atoms with E-state index in [9.17, 15) is 9.59 Å². The Bertz CT molecular complexity index is 644. The molecule has 0 spiro atoms. The number of carbonyl (C=O) groups excluding carboxylic acids is 2. The Hall–Kier alpha value is -1.92. The third kappa shape index (κ3) is 3.30. The molecule has 24 heavy (non-hydrogen) atoms. The number of hydrogen-bond donors (Lipinski definition) is 4. The van der Waals surface area contributed by atoms with Crippen LogP contribution in [0.5, 0.6) is 0 Å². The maximum atomic E-state index is 12.6. The SMILES string of the molecule is O=C(NC1CC1)c1cccc(NC(=O)C2NNC3CCCCC32)c1. The molecule has 4 N–H and O–H groups in total. The molecular formula is C18H24N4O2. The van der Waals surface area contributed by atoms with Crippen molar-refractivity contribution in [3.8, 4) is 0 Å². The standard InChI is InChI=1S/C18H24N4O2/c23-17(19-12-8-9-12)11-4-3-5-13(10-11)20-18(24)16-14-6-1-2-7-15(14)21-22-16/h3-5,10,12,14-16,21-22H,1-2,6-9H2,(H,19,23)(H,20,24). The normalized spacial score (nSPS) is 28.9. The number of amides is 2. The van der Waals surface area contributed by atoms with Crippen LogP contribution >= 0.6 is 0 Å². The van der Waals surface area contributed by atoms with Crippen LogP contribution in [0.15, 0.2) is 24.3 Å². The highest BCUT2D eigenvalue weighted by molar-refractivity contribution is 5.99. The lowest BCUT2D eigenvalue weighted by molar-refractivity contribution is -0.118. The van der Waals surface area contributed by atoms with Crippen LogP contribution in [0, 0.1) is 5.92 Å². The Labute approximate surface area is 141 Å². The van der Waals surface area contributed by atoms with Crippen molar-refractivity contribution >= 4 is 17.5 Å². The highest BCUT2D eigenvalue weighted by atomic mass is 16.2. The summed E-state index contributed by atoms with van der Waals surface area (Å²) in [7, 11) is 0. The quantitative estimate of drug-likeness (QED) is 0.676. The van der Waals surface area contributed by atoms with E-state index >= 15 is 0 Å². The highest BCUT2D eigenvalue weighted by Gasteiger charge is 2.40. The van der Waals surface area contributed by atoms with Gasteiger partial charge in [0, 0.05) is 29.3 Å². The lowest BCUT2D eigenvalue weighted by Crippen LogP contribution is -2.42. The summed E-state index contributed by atoms with van der Waals surface area (Å²) in [6.45, 7) is 0. The Morgan fingerprint density at radius 3 is 2.71 bits per heavy atom. The van der Waals surface area contributed by atoms with Crippen molar-refractivity contribution in [1.82, 2.24) is 16.2 Å². The third-order valence-electron chi connectivity index (χ3n) is 5.26. The van der Waals surface area contributed by atoms with E-state index in [-0.39, 0.29) is 17.9 Å². The van der Waals surface area contributed by atoms with Gasteiger partial charge in [0.25, 0.3) is 5.91 Å². The lowest BCUT2D eigenvalue weighted by Gasteiger charge is -2.26. The summed E-state index contributed by atoms with van der Waals surface area (Å²) in [5.74, 6) is 0.248. The summed E-state index contributed by atoms with van der Waals surface area (Å²) in [6.07, 6.45) is 6.73. The van der Waals surface area contributed by atoms with Crippen LogP contribution < -0.4 is 21.5 Å². The van der Waals surface area contributed by atoms with E-state index in [1.807, 2.05) is 6.07 Å². The van der Waals surface area contributed by atoms with Crippen molar-refractivity contribution < 1.29 is 9.59 Å². The van der Waals surface area contributed by atoms with Gasteiger partial charge in [-0.05, 0) is 43.9 Å². The van der Waals surface area contributed by atoms with E-state index in [0.717, 1.165) is 25.7 Å². The van der Waals surface area contributed by atoms with Crippen molar-refractivity contribution in [2.45, 2.75) is 56.7 Å². The fourth-order valence-electron chi connectivity index (χ4n) is 3.76. The molecule has 128 valence electrons. The Morgan fingerprint density at radius 2 is 1.88 bits per heavy atom. The molecule has 3 fully saturated rings. The minimum Gasteiger partial charge on any atom is -0.349 e. The van der Waals surface area contributed by atoms with Crippen LogP contribution in [0.4, 0.5) is 5.69 Å². The van der Waals surface area contributed by atoms with Gasteiger partial charge in [-0.2, -0.15) is 0 Å². The molecule has 1 aromatic carbocycles. The molecule has 6 nitrogen and oxygen atoms in total. The lowest BCUT2D eigenvalue weighted by atomic mass is 9.81. The molecule has 3 aliphatic rings. The van der Waals surface area contributed by atoms with Gasteiger partial charge in [0.2, 0.25) is 5.91 Å². The van der Waals surface area contributed by atoms with Crippen molar-refractivity contribution in [3.05, 3.63) is 29.8 Å². The average Bonchev–Trinajstić information content (AvgIpc) is 3.30. The maximum absolute atomic E-state index is 12.6. The summed E-state index contributed by atoms with van der Waals surface area (Å²) in [4.78, 5) is 24.8. The second kappa shape index (κ2) is 6.53. The van der Waals surface area contributed by atoms with Crippen LogP contribution in [-0.2, 0) is 4.79 Å². The van der Waals surface area contributed by atoms with Gasteiger partial charge < -0.3 is 10.6 Å². The fraction of sp³-hybridized carbons (Fsp3) is 0.556. The van der Waals surface area contributed by atoms with Gasteiger partial charge >= 0.3 is 0 Å². The van der Waals surface area contributed by atoms with Gasteiger partial charge in [-0.15, -0.1) is 0 Å². The zero-order valence-electron chi connectivity index (χ0n) is 13.7. The van der Waals surface area contributed by atoms with E-state index < -0.39 is 0 Å². The highest BCUT2D eigenvalue weighted by Crippen LogP contribution is 2.30. The van der Waals surface area contributed by atoms with Crippen molar-refractivity contribution in [1.29, 1.82) is 0 Å². The molecule has 0 bridgehead atoms. The van der Waals surface area contributed by atoms with E-state index in [2.05, 4.69) is 21.5 Å². The fourth-order valence-corrected chi connectivity index (χ4v) is 3.76. The molecule has 6 heteroatoms. The number of rotatable bonds is 4. The molecular weight excluding hydrogens is 304 g/mol. The molecule has 2 aliphatic carbocycles. The summed E-state index contributed by atoms with van der Waals surface area (Å²) in [6, 6.07) is 7.67. The first-order valence-electron chi connectivity index (χ1n) is 8.93. The van der Waals surface area contributed by atoms with Crippen LogP contribution in [0.25, 0.3) is 0 Å². The topological polar surface area (TPSA) is 82.3 Å². The van der Waals surface area contributed by atoms with Gasteiger partial charge in [0.05, 0.1) is 0 Å². The predicted molar refractivity (Wildman–Crippen MR) is 91.4 cm³/mol. The largest absolute Gasteiger partial charge is 0.349 e. The minimum atomic E-state index is -0.209. The van der Waals surface area contributed by atoms with Gasteiger partial charge in [-0.25, -0.2) is 5.43 Å². The smallest absolute Gasteiger partial charge is 0.251 e. The Balaban J connectivity index is 1.41. The van der Waals surface area contributed by atoms with E-state index in [0.29, 0.717) is 29.3 Å². The van der Waals surface area contributed by atoms with Gasteiger partial charge in [0.1, 0.15) is 6.04 Å². The minimum absolute atomic E-state index is 0.0309. The maximum Gasteiger partial charge on any atom is 0.251 e. The first-order chi connectivity index (χ1) is 11.7.